The normalized spacial score (nSPS) is 19.6. The number of carbonyl (C=O) groups excluding carboxylic acids is 2. The van der Waals surface area contributed by atoms with E-state index in [0.29, 0.717) is 47.7 Å². The van der Waals surface area contributed by atoms with E-state index >= 15 is 0 Å². The summed E-state index contributed by atoms with van der Waals surface area (Å²) in [7, 11) is 1.74. The molecular weight excluding hydrogens is 510 g/mol. The molecule has 2 aromatic heterocycles. The van der Waals surface area contributed by atoms with E-state index in [-0.39, 0.29) is 18.4 Å². The molecule has 0 saturated heterocycles. The molecule has 3 aliphatic rings. The van der Waals surface area contributed by atoms with Crippen molar-refractivity contribution in [3.63, 3.8) is 0 Å². The van der Waals surface area contributed by atoms with Crippen LogP contribution in [0, 0.1) is 0 Å². The van der Waals surface area contributed by atoms with Crippen LogP contribution in [0.3, 0.4) is 0 Å². The van der Waals surface area contributed by atoms with Gasteiger partial charge in [0, 0.05) is 31.1 Å². The van der Waals surface area contributed by atoms with Crippen molar-refractivity contribution in [2.24, 2.45) is 0 Å². The third-order valence-corrected chi connectivity index (χ3v) is 8.99. The van der Waals surface area contributed by atoms with Crippen LogP contribution < -0.4 is 9.64 Å². The smallest absolute Gasteiger partial charge is 0.275 e. The van der Waals surface area contributed by atoms with E-state index in [2.05, 4.69) is 5.10 Å². The summed E-state index contributed by atoms with van der Waals surface area (Å²) in [6.07, 6.45) is 2.91. The Morgan fingerprint density at radius 2 is 1.97 bits per heavy atom. The minimum Gasteiger partial charge on any atom is -0.489 e. The average molecular weight is 534 g/mol. The third-order valence-electron chi connectivity index (χ3n) is 7.39. The van der Waals surface area contributed by atoms with E-state index in [1.807, 2.05) is 42.5 Å². The number of benzene rings is 2. The molecule has 37 heavy (non-hydrogen) atoms. The molecule has 2 aliphatic heterocycles. The van der Waals surface area contributed by atoms with Gasteiger partial charge in [-0.15, -0.1) is 11.3 Å². The summed E-state index contributed by atoms with van der Waals surface area (Å²) >= 11 is 8.31. The van der Waals surface area contributed by atoms with Crippen molar-refractivity contribution in [1.29, 1.82) is 0 Å². The van der Waals surface area contributed by atoms with E-state index in [9.17, 15) is 9.59 Å². The Labute approximate surface area is 222 Å². The molecule has 0 radical (unpaired) electrons. The Hall–Kier alpha value is -3.43. The molecule has 0 spiro atoms. The molecule has 7 rings (SSSR count). The minimum atomic E-state index is -0.760. The molecular formula is C27H24ClN5O3S. The van der Waals surface area contributed by atoms with Crippen LogP contribution in [-0.2, 0) is 17.8 Å². The lowest BCUT2D eigenvalue weighted by molar-refractivity contribution is -0.123. The van der Waals surface area contributed by atoms with Gasteiger partial charge in [-0.2, -0.15) is 5.10 Å². The quantitative estimate of drug-likeness (QED) is 0.386. The highest BCUT2D eigenvalue weighted by atomic mass is 35.5. The minimum absolute atomic E-state index is 0.0703. The molecule has 1 aliphatic carbocycles. The average Bonchev–Trinajstić information content (AvgIpc) is 3.62. The fourth-order valence-electron chi connectivity index (χ4n) is 5.15. The number of hydrogen-bond acceptors (Lipinski definition) is 6. The van der Waals surface area contributed by atoms with Gasteiger partial charge in [-0.3, -0.25) is 9.59 Å². The summed E-state index contributed by atoms with van der Waals surface area (Å²) in [5, 5.41) is 6.18. The number of carbonyl (C=O) groups is 2. The van der Waals surface area contributed by atoms with E-state index in [0.717, 1.165) is 26.4 Å². The Morgan fingerprint density at radius 3 is 2.76 bits per heavy atom. The first-order valence-electron chi connectivity index (χ1n) is 12.4. The second-order valence-corrected chi connectivity index (χ2v) is 11.3. The first-order valence-corrected chi connectivity index (χ1v) is 13.6. The number of nitrogens with zero attached hydrogens (tertiary/aromatic N) is 5. The van der Waals surface area contributed by atoms with Crippen LogP contribution in [0.15, 0.2) is 42.5 Å². The lowest BCUT2D eigenvalue weighted by Crippen LogP contribution is -2.54. The maximum absolute atomic E-state index is 13.6. The molecule has 188 valence electrons. The fourth-order valence-corrected chi connectivity index (χ4v) is 6.58. The molecule has 8 nitrogen and oxygen atoms in total. The monoisotopic (exact) mass is 533 g/mol. The number of likely N-dealkylation sites (N-methyl/N-ethyl adjacent to an activating group) is 1. The Kier molecular flexibility index (Phi) is 5.26. The van der Waals surface area contributed by atoms with Crippen molar-refractivity contribution < 1.29 is 14.3 Å². The van der Waals surface area contributed by atoms with Crippen molar-refractivity contribution in [3.8, 4) is 5.75 Å². The highest BCUT2D eigenvalue weighted by molar-refractivity contribution is 7.18. The Bertz CT molecular complexity index is 1560. The van der Waals surface area contributed by atoms with Gasteiger partial charge in [0.05, 0.1) is 27.5 Å². The van der Waals surface area contributed by atoms with Crippen LogP contribution in [0.4, 0.5) is 5.69 Å². The molecule has 1 saturated carbocycles. The summed E-state index contributed by atoms with van der Waals surface area (Å²) in [5.74, 6) is 0.699. The van der Waals surface area contributed by atoms with Crippen molar-refractivity contribution in [2.75, 3.05) is 25.1 Å². The Balaban J connectivity index is 1.16. The number of anilines is 1. The highest BCUT2D eigenvalue weighted by Crippen LogP contribution is 2.45. The Morgan fingerprint density at radius 1 is 1.16 bits per heavy atom. The molecule has 2 aromatic carbocycles. The van der Waals surface area contributed by atoms with Gasteiger partial charge in [0.15, 0.2) is 5.69 Å². The van der Waals surface area contributed by atoms with E-state index in [1.54, 1.807) is 32.9 Å². The maximum Gasteiger partial charge on any atom is 0.275 e. The topological polar surface area (TPSA) is 80.6 Å². The molecule has 0 bridgehead atoms. The zero-order valence-electron chi connectivity index (χ0n) is 20.2. The summed E-state index contributed by atoms with van der Waals surface area (Å²) in [5.41, 5.74) is 3.67. The van der Waals surface area contributed by atoms with E-state index in [1.165, 1.54) is 12.8 Å². The predicted octanol–water partition coefficient (Wildman–Crippen LogP) is 4.49. The summed E-state index contributed by atoms with van der Waals surface area (Å²) in [6, 6.07) is 13.0. The molecule has 1 fully saturated rings. The van der Waals surface area contributed by atoms with Gasteiger partial charge in [-0.1, -0.05) is 41.9 Å². The molecule has 4 aromatic rings. The van der Waals surface area contributed by atoms with Gasteiger partial charge in [-0.05, 0) is 30.9 Å². The summed E-state index contributed by atoms with van der Waals surface area (Å²) < 4.78 is 8.85. The molecule has 10 heteroatoms. The SMILES string of the molecule is CN1C(=O)[C@@H](N2CCc3c(nn(Cc4ccccc4)c3Cl)C2=O)COc2cc3nc(C4CC4)sc3cc21. The van der Waals surface area contributed by atoms with Gasteiger partial charge in [-0.25, -0.2) is 9.67 Å². The molecule has 1 atom stereocenters. The van der Waals surface area contributed by atoms with Crippen LogP contribution in [0.5, 0.6) is 5.75 Å². The van der Waals surface area contributed by atoms with Gasteiger partial charge < -0.3 is 14.5 Å². The van der Waals surface area contributed by atoms with Gasteiger partial charge in [0.1, 0.15) is 23.6 Å². The number of halogens is 1. The number of fused-ring (bicyclic) bond motifs is 3. The number of ether oxygens (including phenoxy) is 1. The van der Waals surface area contributed by atoms with Crippen LogP contribution in [-0.4, -0.2) is 57.7 Å². The van der Waals surface area contributed by atoms with Crippen LogP contribution in [0.1, 0.15) is 45.4 Å². The third kappa shape index (κ3) is 3.79. The number of amides is 2. The highest BCUT2D eigenvalue weighted by Gasteiger charge is 2.41. The van der Waals surface area contributed by atoms with Crippen LogP contribution >= 0.6 is 22.9 Å². The van der Waals surface area contributed by atoms with Crippen LogP contribution in [0.2, 0.25) is 5.15 Å². The largest absolute Gasteiger partial charge is 0.489 e. The maximum atomic E-state index is 13.6. The number of rotatable bonds is 4. The molecule has 0 unspecified atom stereocenters. The lowest BCUT2D eigenvalue weighted by atomic mass is 10.0. The van der Waals surface area contributed by atoms with Gasteiger partial charge in [0.25, 0.3) is 11.8 Å². The van der Waals surface area contributed by atoms with Crippen molar-refractivity contribution in [2.45, 2.75) is 37.8 Å². The van der Waals surface area contributed by atoms with Crippen molar-refractivity contribution in [1.82, 2.24) is 19.7 Å². The van der Waals surface area contributed by atoms with Crippen molar-refractivity contribution >= 4 is 50.7 Å². The predicted molar refractivity (Wildman–Crippen MR) is 142 cm³/mol. The number of aromatic nitrogens is 3. The second-order valence-electron chi connectivity index (χ2n) is 9.85. The summed E-state index contributed by atoms with van der Waals surface area (Å²) in [4.78, 5) is 35.2. The summed E-state index contributed by atoms with van der Waals surface area (Å²) in [6.45, 7) is 0.909. The standard InChI is InChI=1S/C27H24ClN5O3S/c1-31-19-12-22-18(29-25(37-22)16-7-8-16)11-21(19)36-14-20(26(31)34)32-10-9-17-23(27(32)35)30-33(24(17)28)13-15-5-3-2-4-6-15/h2-6,11-12,16,20H,7-10,13-14H2,1H3/t20-/m0/s1. The zero-order chi connectivity index (χ0) is 25.3. The van der Waals surface area contributed by atoms with Gasteiger partial charge >= 0.3 is 0 Å². The molecule has 4 heterocycles. The lowest BCUT2D eigenvalue weighted by Gasteiger charge is -2.33. The first kappa shape index (κ1) is 22.7. The van der Waals surface area contributed by atoms with E-state index in [4.69, 9.17) is 21.3 Å². The number of thiazole rings is 1. The molecule has 0 N–H and O–H groups in total. The number of hydrogen-bond donors (Lipinski definition) is 0. The zero-order valence-corrected chi connectivity index (χ0v) is 21.8. The fraction of sp³-hybridized carbons (Fsp3) is 0.333. The van der Waals surface area contributed by atoms with Crippen molar-refractivity contribution in [3.05, 3.63) is 69.4 Å². The van der Waals surface area contributed by atoms with Crippen LogP contribution in [0.25, 0.3) is 10.2 Å². The molecule has 2 amide bonds. The second kappa shape index (κ2) is 8.56. The van der Waals surface area contributed by atoms with E-state index < -0.39 is 6.04 Å². The first-order chi connectivity index (χ1) is 18.0. The van der Waals surface area contributed by atoms with Gasteiger partial charge in [0.2, 0.25) is 0 Å².